The first-order chi connectivity index (χ1) is 5.27. The minimum Gasteiger partial charge on any atom is -0.345 e. The second-order valence-corrected chi connectivity index (χ2v) is 3.62. The monoisotopic (exact) mass is 157 g/mol. The molecule has 0 aromatic rings. The van der Waals surface area contributed by atoms with E-state index >= 15 is 0 Å². The molecule has 2 atom stereocenters. The molecule has 11 heavy (non-hydrogen) atoms. The number of fused-ring (bicyclic) bond motifs is 1. The van der Waals surface area contributed by atoms with E-state index in [0.29, 0.717) is 18.1 Å². The zero-order chi connectivity index (χ0) is 7.84. The van der Waals surface area contributed by atoms with Crippen LogP contribution in [0.25, 0.3) is 0 Å². The van der Waals surface area contributed by atoms with E-state index in [2.05, 4.69) is 19.2 Å². The standard InChI is InChI=1S/C8H15NO2/c1-5(2)8-10-6-3-9-4-7(6)11-8/h5-9H,3-4H2,1-2H3. The van der Waals surface area contributed by atoms with Gasteiger partial charge in [0.05, 0.1) is 0 Å². The Morgan fingerprint density at radius 2 is 1.73 bits per heavy atom. The number of hydrogen-bond donors (Lipinski definition) is 1. The van der Waals surface area contributed by atoms with Crippen LogP contribution in [0.1, 0.15) is 13.8 Å². The van der Waals surface area contributed by atoms with Crippen LogP contribution in [0.15, 0.2) is 0 Å². The molecule has 0 radical (unpaired) electrons. The van der Waals surface area contributed by atoms with Crippen LogP contribution in [0.5, 0.6) is 0 Å². The van der Waals surface area contributed by atoms with Crippen molar-refractivity contribution in [3.63, 3.8) is 0 Å². The van der Waals surface area contributed by atoms with Crippen molar-refractivity contribution < 1.29 is 9.47 Å². The molecule has 0 aromatic carbocycles. The summed E-state index contributed by atoms with van der Waals surface area (Å²) in [5.41, 5.74) is 0. The van der Waals surface area contributed by atoms with Crippen molar-refractivity contribution in [3.8, 4) is 0 Å². The normalized spacial score (nSPS) is 43.4. The Balaban J connectivity index is 1.94. The van der Waals surface area contributed by atoms with Gasteiger partial charge in [-0.1, -0.05) is 13.8 Å². The van der Waals surface area contributed by atoms with Gasteiger partial charge < -0.3 is 14.8 Å². The first kappa shape index (κ1) is 7.53. The molecule has 2 aliphatic rings. The molecule has 2 rings (SSSR count). The summed E-state index contributed by atoms with van der Waals surface area (Å²) < 4.78 is 11.3. The number of ether oxygens (including phenoxy) is 2. The largest absolute Gasteiger partial charge is 0.345 e. The minimum atomic E-state index is 0.0344. The maximum atomic E-state index is 5.66. The maximum Gasteiger partial charge on any atom is 0.160 e. The fourth-order valence-electron chi connectivity index (χ4n) is 1.59. The summed E-state index contributed by atoms with van der Waals surface area (Å²) in [5.74, 6) is 0.473. The van der Waals surface area contributed by atoms with Gasteiger partial charge >= 0.3 is 0 Å². The van der Waals surface area contributed by atoms with E-state index in [-0.39, 0.29) is 6.29 Å². The Morgan fingerprint density at radius 3 is 2.18 bits per heavy atom. The second-order valence-electron chi connectivity index (χ2n) is 3.62. The summed E-state index contributed by atoms with van der Waals surface area (Å²) >= 11 is 0. The van der Waals surface area contributed by atoms with Gasteiger partial charge in [-0.25, -0.2) is 0 Å². The van der Waals surface area contributed by atoms with Crippen LogP contribution in [-0.2, 0) is 9.47 Å². The van der Waals surface area contributed by atoms with Crippen molar-refractivity contribution in [1.29, 1.82) is 0 Å². The van der Waals surface area contributed by atoms with Gasteiger partial charge in [-0.05, 0) is 0 Å². The third kappa shape index (κ3) is 1.28. The highest BCUT2D eigenvalue weighted by Gasteiger charge is 2.40. The van der Waals surface area contributed by atoms with Gasteiger partial charge in [-0.15, -0.1) is 0 Å². The SMILES string of the molecule is CC(C)C1OC2CNCC2O1. The van der Waals surface area contributed by atoms with Crippen LogP contribution < -0.4 is 5.32 Å². The van der Waals surface area contributed by atoms with Crippen molar-refractivity contribution >= 4 is 0 Å². The van der Waals surface area contributed by atoms with E-state index in [1.165, 1.54) is 0 Å². The zero-order valence-electron chi connectivity index (χ0n) is 7.04. The Labute approximate surface area is 67.1 Å². The fourth-order valence-corrected chi connectivity index (χ4v) is 1.59. The van der Waals surface area contributed by atoms with E-state index in [1.54, 1.807) is 0 Å². The summed E-state index contributed by atoms with van der Waals surface area (Å²) in [6.07, 6.45) is 0.650. The van der Waals surface area contributed by atoms with Crippen LogP contribution >= 0.6 is 0 Å². The van der Waals surface area contributed by atoms with Gasteiger partial charge in [-0.3, -0.25) is 0 Å². The molecule has 2 fully saturated rings. The first-order valence-electron chi connectivity index (χ1n) is 4.29. The molecule has 3 nitrogen and oxygen atoms in total. The van der Waals surface area contributed by atoms with E-state index < -0.39 is 0 Å². The van der Waals surface area contributed by atoms with Crippen LogP contribution in [0.2, 0.25) is 0 Å². The average Bonchev–Trinajstić information content (AvgIpc) is 2.40. The average molecular weight is 157 g/mol. The van der Waals surface area contributed by atoms with Gasteiger partial charge in [0.25, 0.3) is 0 Å². The molecule has 1 N–H and O–H groups in total. The smallest absolute Gasteiger partial charge is 0.160 e. The molecule has 0 aromatic heterocycles. The second kappa shape index (κ2) is 2.73. The summed E-state index contributed by atoms with van der Waals surface area (Å²) in [4.78, 5) is 0. The number of nitrogens with one attached hydrogen (secondary N) is 1. The lowest BCUT2D eigenvalue weighted by Gasteiger charge is -2.14. The van der Waals surface area contributed by atoms with Gasteiger partial charge in [0.15, 0.2) is 6.29 Å². The van der Waals surface area contributed by atoms with Crippen molar-refractivity contribution in [1.82, 2.24) is 5.32 Å². The first-order valence-corrected chi connectivity index (χ1v) is 4.29. The van der Waals surface area contributed by atoms with Crippen LogP contribution in [0.3, 0.4) is 0 Å². The molecule has 2 unspecified atom stereocenters. The van der Waals surface area contributed by atoms with E-state index in [0.717, 1.165) is 13.1 Å². The Hall–Kier alpha value is -0.120. The van der Waals surface area contributed by atoms with Crippen molar-refractivity contribution in [2.24, 2.45) is 5.92 Å². The van der Waals surface area contributed by atoms with Crippen LogP contribution in [0, 0.1) is 5.92 Å². The highest BCUT2D eigenvalue weighted by Crippen LogP contribution is 2.25. The highest BCUT2D eigenvalue weighted by atomic mass is 16.7. The lowest BCUT2D eigenvalue weighted by molar-refractivity contribution is -0.0984. The Morgan fingerprint density at radius 1 is 1.18 bits per heavy atom. The van der Waals surface area contributed by atoms with Crippen LogP contribution in [-0.4, -0.2) is 31.6 Å². The number of rotatable bonds is 1. The van der Waals surface area contributed by atoms with Crippen molar-refractivity contribution in [2.75, 3.05) is 13.1 Å². The lowest BCUT2D eigenvalue weighted by Crippen LogP contribution is -2.23. The van der Waals surface area contributed by atoms with Gasteiger partial charge in [0.2, 0.25) is 0 Å². The molecule has 2 aliphatic heterocycles. The van der Waals surface area contributed by atoms with E-state index in [9.17, 15) is 0 Å². The molecule has 0 bridgehead atoms. The molecule has 0 spiro atoms. The minimum absolute atomic E-state index is 0.0344. The molecule has 64 valence electrons. The Bertz CT molecular complexity index is 137. The molecule has 2 heterocycles. The van der Waals surface area contributed by atoms with Gasteiger partial charge in [0, 0.05) is 19.0 Å². The third-order valence-corrected chi connectivity index (χ3v) is 2.27. The zero-order valence-corrected chi connectivity index (χ0v) is 7.04. The quantitative estimate of drug-likeness (QED) is 0.596. The molecule has 0 aliphatic carbocycles. The van der Waals surface area contributed by atoms with Crippen molar-refractivity contribution in [2.45, 2.75) is 32.3 Å². The topological polar surface area (TPSA) is 30.5 Å². The molecule has 2 saturated heterocycles. The van der Waals surface area contributed by atoms with Crippen molar-refractivity contribution in [3.05, 3.63) is 0 Å². The predicted molar refractivity (Wildman–Crippen MR) is 41.2 cm³/mol. The third-order valence-electron chi connectivity index (χ3n) is 2.27. The summed E-state index contributed by atoms with van der Waals surface area (Å²) in [5, 5.41) is 3.23. The molecule has 0 amide bonds. The van der Waals surface area contributed by atoms with Crippen LogP contribution in [0.4, 0.5) is 0 Å². The summed E-state index contributed by atoms with van der Waals surface area (Å²) in [6.45, 7) is 6.15. The highest BCUT2D eigenvalue weighted by molar-refractivity contribution is 4.87. The van der Waals surface area contributed by atoms with E-state index in [1.807, 2.05) is 0 Å². The number of hydrogen-bond acceptors (Lipinski definition) is 3. The fraction of sp³-hybridized carbons (Fsp3) is 1.00. The summed E-state index contributed by atoms with van der Waals surface area (Å²) in [6, 6.07) is 0. The molecule has 3 heteroatoms. The molecule has 0 saturated carbocycles. The van der Waals surface area contributed by atoms with E-state index in [4.69, 9.17) is 9.47 Å². The van der Waals surface area contributed by atoms with Gasteiger partial charge in [-0.2, -0.15) is 0 Å². The Kier molecular flexibility index (Phi) is 1.87. The molecular formula is C8H15NO2. The van der Waals surface area contributed by atoms with Gasteiger partial charge in [0.1, 0.15) is 12.2 Å². The summed E-state index contributed by atoms with van der Waals surface area (Å²) in [7, 11) is 0. The molecular weight excluding hydrogens is 142 g/mol. The maximum absolute atomic E-state index is 5.66. The lowest BCUT2D eigenvalue weighted by atomic mass is 10.2. The predicted octanol–water partition coefficient (Wildman–Crippen LogP) is 0.356.